The van der Waals surface area contributed by atoms with Crippen molar-refractivity contribution in [2.24, 2.45) is 11.7 Å². The van der Waals surface area contributed by atoms with E-state index >= 15 is 0 Å². The summed E-state index contributed by atoms with van der Waals surface area (Å²) < 4.78 is 33.0. The number of amides is 1. The molecule has 1 amide bonds. The standard InChI is InChI=1S/C28H31ClN2O5S/c1-21(19-30)9-8-18-31-27(33)36-28(23-12-6-3-7-13-23,26(32)22-10-4-2-5-11-22)20-37(34,35)25-16-14-24(29)15-17-25/h2-7,10-17,21H,8-9,18-20,30H2,1H3,(H,31,33). The van der Waals surface area contributed by atoms with Gasteiger partial charge in [-0.3, -0.25) is 4.79 Å². The number of halogens is 1. The molecule has 3 rings (SSSR count). The van der Waals surface area contributed by atoms with Crippen LogP contribution >= 0.6 is 11.6 Å². The Labute approximate surface area is 222 Å². The van der Waals surface area contributed by atoms with Gasteiger partial charge < -0.3 is 15.8 Å². The van der Waals surface area contributed by atoms with E-state index in [1.165, 1.54) is 24.3 Å². The molecule has 3 N–H and O–H groups in total. The summed E-state index contributed by atoms with van der Waals surface area (Å²) in [6.07, 6.45) is 0.565. The maximum Gasteiger partial charge on any atom is 0.408 e. The number of hydrogen-bond acceptors (Lipinski definition) is 6. The molecule has 0 heterocycles. The summed E-state index contributed by atoms with van der Waals surface area (Å²) in [5.41, 5.74) is 3.96. The van der Waals surface area contributed by atoms with Crippen LogP contribution in [0.1, 0.15) is 35.7 Å². The predicted octanol–water partition coefficient (Wildman–Crippen LogP) is 4.99. The predicted molar refractivity (Wildman–Crippen MR) is 144 cm³/mol. The summed E-state index contributed by atoms with van der Waals surface area (Å²) in [6.45, 7) is 2.84. The summed E-state index contributed by atoms with van der Waals surface area (Å²) >= 11 is 5.95. The fraction of sp³-hybridized carbons (Fsp3) is 0.286. The van der Waals surface area contributed by atoms with E-state index in [1.807, 2.05) is 6.92 Å². The van der Waals surface area contributed by atoms with Crippen LogP contribution in [0.5, 0.6) is 0 Å². The number of alkyl carbamates (subject to hydrolysis) is 1. The molecule has 0 aliphatic heterocycles. The number of carbonyl (C=O) groups is 2. The molecule has 37 heavy (non-hydrogen) atoms. The first-order valence-electron chi connectivity index (χ1n) is 12.0. The highest BCUT2D eigenvalue weighted by atomic mass is 35.5. The molecule has 7 nitrogen and oxygen atoms in total. The first kappa shape index (κ1) is 28.4. The molecule has 0 aromatic heterocycles. The molecule has 0 bridgehead atoms. The largest absolute Gasteiger partial charge is 0.428 e. The van der Waals surface area contributed by atoms with Crippen LogP contribution in [0.25, 0.3) is 0 Å². The van der Waals surface area contributed by atoms with Gasteiger partial charge in [0.15, 0.2) is 9.84 Å². The van der Waals surface area contributed by atoms with Crippen molar-refractivity contribution in [1.82, 2.24) is 5.32 Å². The van der Waals surface area contributed by atoms with Gasteiger partial charge in [0.25, 0.3) is 0 Å². The van der Waals surface area contributed by atoms with Gasteiger partial charge in [0.2, 0.25) is 11.4 Å². The van der Waals surface area contributed by atoms with Crippen molar-refractivity contribution in [2.45, 2.75) is 30.3 Å². The minimum atomic E-state index is -4.12. The van der Waals surface area contributed by atoms with E-state index in [1.54, 1.807) is 60.7 Å². The highest BCUT2D eigenvalue weighted by Crippen LogP contribution is 2.34. The van der Waals surface area contributed by atoms with Crippen molar-refractivity contribution < 1.29 is 22.7 Å². The van der Waals surface area contributed by atoms with Crippen LogP contribution in [0, 0.1) is 5.92 Å². The van der Waals surface area contributed by atoms with Crippen LogP contribution in [0.4, 0.5) is 4.79 Å². The third-order valence-corrected chi connectivity index (χ3v) is 8.05. The number of ether oxygens (including phenoxy) is 1. The topological polar surface area (TPSA) is 116 Å². The van der Waals surface area contributed by atoms with Gasteiger partial charge in [-0.25, -0.2) is 13.2 Å². The normalized spacial score (nSPS) is 13.8. The lowest BCUT2D eigenvalue weighted by Crippen LogP contribution is -2.48. The molecule has 196 valence electrons. The summed E-state index contributed by atoms with van der Waals surface area (Å²) in [6, 6.07) is 22.0. The number of nitrogens with two attached hydrogens (primary N) is 1. The Balaban J connectivity index is 2.04. The quantitative estimate of drug-likeness (QED) is 0.246. The summed E-state index contributed by atoms with van der Waals surface area (Å²) in [5.74, 6) is -1.15. The number of nitrogens with one attached hydrogen (secondary N) is 1. The van der Waals surface area contributed by atoms with E-state index in [-0.39, 0.29) is 22.6 Å². The van der Waals surface area contributed by atoms with Gasteiger partial charge in [-0.1, -0.05) is 79.2 Å². The smallest absolute Gasteiger partial charge is 0.408 e. The molecule has 0 fully saturated rings. The van der Waals surface area contributed by atoms with Gasteiger partial charge in [0.1, 0.15) is 5.75 Å². The Morgan fingerprint density at radius 3 is 2.16 bits per heavy atom. The maximum absolute atomic E-state index is 14.0. The van der Waals surface area contributed by atoms with Crippen molar-refractivity contribution in [1.29, 1.82) is 0 Å². The lowest BCUT2D eigenvalue weighted by Gasteiger charge is -2.32. The lowest BCUT2D eigenvalue weighted by molar-refractivity contribution is 0.0232. The molecule has 0 saturated heterocycles. The highest BCUT2D eigenvalue weighted by Gasteiger charge is 2.48. The number of hydrogen-bond donors (Lipinski definition) is 2. The Kier molecular flexibility index (Phi) is 9.86. The lowest BCUT2D eigenvalue weighted by atomic mass is 9.87. The summed E-state index contributed by atoms with van der Waals surface area (Å²) in [4.78, 5) is 27.0. The van der Waals surface area contributed by atoms with Crippen LogP contribution < -0.4 is 11.1 Å². The van der Waals surface area contributed by atoms with E-state index < -0.39 is 33.1 Å². The molecule has 2 unspecified atom stereocenters. The van der Waals surface area contributed by atoms with Gasteiger partial charge in [-0.05, 0) is 49.6 Å². The third kappa shape index (κ3) is 7.41. The van der Waals surface area contributed by atoms with Crippen LogP contribution in [-0.2, 0) is 20.2 Å². The second-order valence-electron chi connectivity index (χ2n) is 8.90. The first-order valence-corrected chi connectivity index (χ1v) is 14.0. The highest BCUT2D eigenvalue weighted by molar-refractivity contribution is 7.91. The molecule has 3 aromatic rings. The Hall–Kier alpha value is -3.20. The van der Waals surface area contributed by atoms with Crippen molar-refractivity contribution >= 4 is 33.3 Å². The molecule has 0 aliphatic rings. The number of Topliss-reactive ketones (excluding diaryl/α,β-unsaturated/α-hetero) is 1. The van der Waals surface area contributed by atoms with Gasteiger partial charge in [0.05, 0.1) is 4.90 Å². The molecule has 0 aliphatic carbocycles. The second kappa shape index (κ2) is 12.9. The summed E-state index contributed by atoms with van der Waals surface area (Å²) in [5, 5.41) is 3.03. The van der Waals surface area contributed by atoms with Gasteiger partial charge in [-0.2, -0.15) is 0 Å². The van der Waals surface area contributed by atoms with Gasteiger partial charge in [0, 0.05) is 22.7 Å². The average molecular weight is 543 g/mol. The van der Waals surface area contributed by atoms with Crippen molar-refractivity contribution in [3.8, 4) is 0 Å². The van der Waals surface area contributed by atoms with Crippen LogP contribution in [0.2, 0.25) is 5.02 Å². The fourth-order valence-electron chi connectivity index (χ4n) is 3.89. The van der Waals surface area contributed by atoms with E-state index in [9.17, 15) is 18.0 Å². The number of rotatable bonds is 12. The molecular weight excluding hydrogens is 512 g/mol. The summed E-state index contributed by atoms with van der Waals surface area (Å²) in [7, 11) is -4.12. The van der Waals surface area contributed by atoms with Crippen LogP contribution in [0.15, 0.2) is 89.8 Å². The number of ketones is 1. The van der Waals surface area contributed by atoms with Crippen molar-refractivity contribution in [2.75, 3.05) is 18.8 Å². The first-order chi connectivity index (χ1) is 17.7. The fourth-order valence-corrected chi connectivity index (χ4v) is 5.63. The molecule has 0 saturated carbocycles. The van der Waals surface area contributed by atoms with E-state index in [0.29, 0.717) is 23.9 Å². The minimum absolute atomic E-state index is 0.0437. The maximum atomic E-state index is 14.0. The monoisotopic (exact) mass is 542 g/mol. The van der Waals surface area contributed by atoms with Crippen molar-refractivity contribution in [3.05, 3.63) is 101 Å². The third-order valence-electron chi connectivity index (χ3n) is 6.02. The van der Waals surface area contributed by atoms with Crippen LogP contribution in [-0.4, -0.2) is 39.1 Å². The Morgan fingerprint density at radius 2 is 1.57 bits per heavy atom. The van der Waals surface area contributed by atoms with E-state index in [4.69, 9.17) is 22.1 Å². The molecule has 2 atom stereocenters. The van der Waals surface area contributed by atoms with Gasteiger partial charge in [-0.15, -0.1) is 0 Å². The molecular formula is C28H31ClN2O5S. The number of carbonyl (C=O) groups excluding carboxylic acids is 2. The SMILES string of the molecule is CC(CN)CCCNC(=O)OC(CS(=O)(=O)c1ccc(Cl)cc1)(C(=O)c1ccccc1)c1ccccc1. The molecule has 9 heteroatoms. The van der Waals surface area contributed by atoms with E-state index in [2.05, 4.69) is 5.32 Å². The number of sulfone groups is 1. The minimum Gasteiger partial charge on any atom is -0.428 e. The van der Waals surface area contributed by atoms with Crippen LogP contribution in [0.3, 0.4) is 0 Å². The molecule has 0 spiro atoms. The van der Waals surface area contributed by atoms with Crippen molar-refractivity contribution in [3.63, 3.8) is 0 Å². The van der Waals surface area contributed by atoms with E-state index in [0.717, 1.165) is 6.42 Å². The second-order valence-corrected chi connectivity index (χ2v) is 11.3. The Bertz CT molecular complexity index is 1290. The van der Waals surface area contributed by atoms with Gasteiger partial charge >= 0.3 is 6.09 Å². The zero-order chi connectivity index (χ0) is 26.9. The Morgan fingerprint density at radius 1 is 0.973 bits per heavy atom. The zero-order valence-corrected chi connectivity index (χ0v) is 22.2. The molecule has 3 aromatic carbocycles. The average Bonchev–Trinajstić information content (AvgIpc) is 2.91. The zero-order valence-electron chi connectivity index (χ0n) is 20.6. The molecule has 0 radical (unpaired) electrons. The number of benzene rings is 3.